The molecule has 1 rings (SSSR count). The van der Waals surface area contributed by atoms with Crippen molar-refractivity contribution in [2.75, 3.05) is 20.8 Å². The van der Waals surface area contributed by atoms with E-state index in [4.69, 9.17) is 9.47 Å². The summed E-state index contributed by atoms with van der Waals surface area (Å²) in [6.07, 6.45) is 3.97. The molecule has 5 nitrogen and oxygen atoms in total. The van der Waals surface area contributed by atoms with E-state index in [0.717, 1.165) is 25.8 Å². The van der Waals surface area contributed by atoms with Crippen LogP contribution in [0, 0.1) is 0 Å². The van der Waals surface area contributed by atoms with Gasteiger partial charge in [0, 0.05) is 14.2 Å². The molecule has 1 saturated heterocycles. The van der Waals surface area contributed by atoms with Crippen molar-refractivity contribution in [2.45, 2.75) is 51.0 Å². The lowest BCUT2D eigenvalue weighted by Gasteiger charge is -2.24. The van der Waals surface area contributed by atoms with Crippen molar-refractivity contribution in [3.8, 4) is 0 Å². The summed E-state index contributed by atoms with van der Waals surface area (Å²) in [5, 5.41) is 6.20. The Balaban J connectivity index is 2.41. The van der Waals surface area contributed by atoms with Crippen molar-refractivity contribution in [1.29, 1.82) is 0 Å². The molecule has 1 aliphatic rings. The highest BCUT2D eigenvalue weighted by Gasteiger charge is 2.24. The molecular weight excluding hydrogens is 220 g/mol. The van der Waals surface area contributed by atoms with E-state index >= 15 is 0 Å². The van der Waals surface area contributed by atoms with Gasteiger partial charge in [-0.05, 0) is 26.3 Å². The third kappa shape index (κ3) is 4.61. The van der Waals surface area contributed by atoms with Gasteiger partial charge in [-0.3, -0.25) is 4.79 Å². The van der Waals surface area contributed by atoms with E-state index < -0.39 is 6.29 Å². The normalized spacial score (nSPS) is 23.2. The number of carbonyl (C=O) groups is 1. The number of rotatable bonds is 5. The van der Waals surface area contributed by atoms with E-state index in [1.165, 1.54) is 6.42 Å². The van der Waals surface area contributed by atoms with Crippen LogP contribution < -0.4 is 10.6 Å². The smallest absolute Gasteiger partial charge is 0.237 e. The fourth-order valence-electron chi connectivity index (χ4n) is 2.15. The lowest BCUT2D eigenvalue weighted by atomic mass is 10.1. The van der Waals surface area contributed by atoms with Crippen LogP contribution in [0.5, 0.6) is 0 Å². The zero-order valence-electron chi connectivity index (χ0n) is 11.0. The van der Waals surface area contributed by atoms with Crippen LogP contribution in [-0.4, -0.2) is 45.0 Å². The first kappa shape index (κ1) is 14.4. The molecule has 0 spiro atoms. The van der Waals surface area contributed by atoms with E-state index in [1.807, 2.05) is 6.92 Å². The van der Waals surface area contributed by atoms with E-state index in [9.17, 15) is 4.79 Å². The van der Waals surface area contributed by atoms with Crippen LogP contribution >= 0.6 is 0 Å². The Labute approximate surface area is 103 Å². The lowest BCUT2D eigenvalue weighted by Crippen LogP contribution is -2.50. The number of hydrogen-bond donors (Lipinski definition) is 2. The van der Waals surface area contributed by atoms with Crippen molar-refractivity contribution in [3.63, 3.8) is 0 Å². The zero-order valence-corrected chi connectivity index (χ0v) is 11.0. The van der Waals surface area contributed by atoms with Gasteiger partial charge in [0.05, 0.1) is 12.1 Å². The van der Waals surface area contributed by atoms with Gasteiger partial charge in [0.25, 0.3) is 0 Å². The molecule has 0 saturated carbocycles. The number of carbonyl (C=O) groups excluding carboxylic acids is 1. The Morgan fingerprint density at radius 1 is 1.29 bits per heavy atom. The first-order valence-corrected chi connectivity index (χ1v) is 6.28. The van der Waals surface area contributed by atoms with Gasteiger partial charge in [0.15, 0.2) is 6.29 Å². The molecule has 0 aromatic carbocycles. The third-order valence-electron chi connectivity index (χ3n) is 3.12. The minimum Gasteiger partial charge on any atom is -0.354 e. The lowest BCUT2D eigenvalue weighted by molar-refractivity contribution is -0.137. The topological polar surface area (TPSA) is 59.6 Å². The maximum absolute atomic E-state index is 12.0. The molecule has 0 aromatic rings. The van der Waals surface area contributed by atoms with Gasteiger partial charge in [0.1, 0.15) is 0 Å². The van der Waals surface area contributed by atoms with Gasteiger partial charge >= 0.3 is 0 Å². The predicted octanol–water partition coefficient (Wildman–Crippen LogP) is 0.642. The minimum atomic E-state index is -0.398. The summed E-state index contributed by atoms with van der Waals surface area (Å²) in [6, 6.07) is -0.225. The van der Waals surface area contributed by atoms with Gasteiger partial charge in [-0.15, -0.1) is 0 Å². The number of hydrogen-bond acceptors (Lipinski definition) is 4. The molecular formula is C12H24N2O3. The first-order valence-electron chi connectivity index (χ1n) is 6.28. The Hall–Kier alpha value is -0.650. The minimum absolute atomic E-state index is 0.0403. The summed E-state index contributed by atoms with van der Waals surface area (Å²) in [4.78, 5) is 12.0. The quantitative estimate of drug-likeness (QED) is 0.697. The van der Waals surface area contributed by atoms with Crippen LogP contribution in [0.1, 0.15) is 32.6 Å². The molecule has 0 aliphatic carbocycles. The second-order valence-electron chi connectivity index (χ2n) is 4.49. The van der Waals surface area contributed by atoms with E-state index in [-0.39, 0.29) is 18.0 Å². The Morgan fingerprint density at radius 2 is 2.00 bits per heavy atom. The van der Waals surface area contributed by atoms with Crippen molar-refractivity contribution in [1.82, 2.24) is 10.6 Å². The summed E-state index contributed by atoms with van der Waals surface area (Å²) >= 11 is 0. The van der Waals surface area contributed by atoms with Crippen LogP contribution in [-0.2, 0) is 14.3 Å². The average molecular weight is 244 g/mol. The third-order valence-corrected chi connectivity index (χ3v) is 3.12. The van der Waals surface area contributed by atoms with Gasteiger partial charge in [-0.2, -0.15) is 0 Å². The molecule has 5 heteroatoms. The number of ether oxygens (including phenoxy) is 2. The molecule has 2 unspecified atom stereocenters. The molecule has 0 bridgehead atoms. The molecule has 17 heavy (non-hydrogen) atoms. The SMILES string of the molecule is COC(OC)C(C)NC(=O)C1CCCCCN1. The van der Waals surface area contributed by atoms with Gasteiger partial charge in [-0.25, -0.2) is 0 Å². The van der Waals surface area contributed by atoms with Crippen LogP contribution in [0.2, 0.25) is 0 Å². The van der Waals surface area contributed by atoms with Crippen LogP contribution in [0.4, 0.5) is 0 Å². The van der Waals surface area contributed by atoms with E-state index in [0.29, 0.717) is 0 Å². The number of nitrogens with one attached hydrogen (secondary N) is 2. The Kier molecular flexibility index (Phi) is 6.47. The molecule has 2 N–H and O–H groups in total. The van der Waals surface area contributed by atoms with Crippen molar-refractivity contribution in [2.24, 2.45) is 0 Å². The van der Waals surface area contributed by atoms with Crippen molar-refractivity contribution in [3.05, 3.63) is 0 Å². The Morgan fingerprint density at radius 3 is 2.65 bits per heavy atom. The standard InChI is InChI=1S/C12H24N2O3/c1-9(12(16-2)17-3)14-11(15)10-7-5-4-6-8-13-10/h9-10,12-13H,4-8H2,1-3H3,(H,14,15). The zero-order chi connectivity index (χ0) is 12.7. The summed E-state index contributed by atoms with van der Waals surface area (Å²) in [6.45, 7) is 2.80. The maximum atomic E-state index is 12.0. The summed E-state index contributed by atoms with van der Waals surface area (Å²) < 4.78 is 10.2. The molecule has 0 aromatic heterocycles. The fourth-order valence-corrected chi connectivity index (χ4v) is 2.15. The fraction of sp³-hybridized carbons (Fsp3) is 0.917. The second-order valence-corrected chi connectivity index (χ2v) is 4.49. The van der Waals surface area contributed by atoms with Crippen molar-refractivity contribution >= 4 is 5.91 Å². The van der Waals surface area contributed by atoms with Gasteiger partial charge in [-0.1, -0.05) is 12.8 Å². The average Bonchev–Trinajstić information content (AvgIpc) is 2.59. The van der Waals surface area contributed by atoms with E-state index in [2.05, 4.69) is 10.6 Å². The molecule has 1 fully saturated rings. The van der Waals surface area contributed by atoms with Crippen molar-refractivity contribution < 1.29 is 14.3 Å². The van der Waals surface area contributed by atoms with Gasteiger partial charge < -0.3 is 20.1 Å². The monoisotopic (exact) mass is 244 g/mol. The highest BCUT2D eigenvalue weighted by Crippen LogP contribution is 2.09. The van der Waals surface area contributed by atoms with Crippen LogP contribution in [0.15, 0.2) is 0 Å². The Bertz CT molecular complexity index is 224. The molecule has 0 radical (unpaired) electrons. The van der Waals surface area contributed by atoms with E-state index in [1.54, 1.807) is 14.2 Å². The number of methoxy groups -OCH3 is 2. The second kappa shape index (κ2) is 7.63. The first-order chi connectivity index (χ1) is 8.19. The molecule has 1 heterocycles. The van der Waals surface area contributed by atoms with Gasteiger partial charge in [0.2, 0.25) is 5.91 Å². The highest BCUT2D eigenvalue weighted by molar-refractivity contribution is 5.82. The summed E-state index contributed by atoms with van der Waals surface area (Å²) in [7, 11) is 3.14. The molecule has 2 atom stereocenters. The number of amides is 1. The molecule has 100 valence electrons. The summed E-state index contributed by atoms with van der Waals surface area (Å²) in [5.41, 5.74) is 0. The summed E-state index contributed by atoms with van der Waals surface area (Å²) in [5.74, 6) is 0.0403. The largest absolute Gasteiger partial charge is 0.354 e. The highest BCUT2D eigenvalue weighted by atomic mass is 16.7. The molecule has 1 aliphatic heterocycles. The van der Waals surface area contributed by atoms with Crippen LogP contribution in [0.25, 0.3) is 0 Å². The maximum Gasteiger partial charge on any atom is 0.237 e. The predicted molar refractivity (Wildman–Crippen MR) is 65.7 cm³/mol. The molecule has 1 amide bonds. The van der Waals surface area contributed by atoms with Crippen LogP contribution in [0.3, 0.4) is 0 Å².